The number of nitrogens with zero attached hydrogens (tertiary/aromatic N) is 2. The zero-order chi connectivity index (χ0) is 35.5. The first kappa shape index (κ1) is 35.3. The number of fused-ring (bicyclic) bond motifs is 2. The van der Waals surface area contributed by atoms with Crippen molar-refractivity contribution in [2.75, 3.05) is 14.1 Å². The smallest absolute Gasteiger partial charge is 0.236 e. The van der Waals surface area contributed by atoms with Crippen LogP contribution in [0.25, 0.3) is 0 Å². The molecule has 4 fully saturated rings. The molecule has 0 radical (unpaired) electrons. The van der Waals surface area contributed by atoms with Crippen LogP contribution in [-0.4, -0.2) is 60.0 Å². The van der Waals surface area contributed by atoms with Crippen LogP contribution in [-0.2, 0) is 29.9 Å². The highest BCUT2D eigenvalue weighted by molar-refractivity contribution is 6.36. The first-order chi connectivity index (χ1) is 23.9. The number of benzene rings is 4. The molecule has 2 saturated carbocycles. The molecule has 0 spiro atoms. The number of likely N-dealkylation sites (N-methyl/N-ethyl adjacent to an activating group) is 2. The number of ether oxygens (including phenoxy) is 2. The molecule has 2 aliphatic heterocycles. The van der Waals surface area contributed by atoms with Gasteiger partial charge < -0.3 is 19.3 Å². The summed E-state index contributed by atoms with van der Waals surface area (Å²) in [4.78, 5) is 30.2. The van der Waals surface area contributed by atoms with Gasteiger partial charge in [0.25, 0.3) is 0 Å². The van der Waals surface area contributed by atoms with Crippen molar-refractivity contribution < 1.29 is 19.1 Å². The van der Waals surface area contributed by atoms with Crippen LogP contribution in [0.1, 0.15) is 61.2 Å². The van der Waals surface area contributed by atoms with Crippen LogP contribution in [0.4, 0.5) is 0 Å². The van der Waals surface area contributed by atoms with Gasteiger partial charge in [0, 0.05) is 34.2 Å². The Morgan fingerprint density at radius 3 is 1.28 bits per heavy atom. The highest BCUT2D eigenvalue weighted by Crippen LogP contribution is 2.59. The molecule has 0 N–H and O–H groups in total. The molecule has 4 aromatic rings. The van der Waals surface area contributed by atoms with Crippen molar-refractivity contribution in [2.24, 2.45) is 0 Å². The van der Waals surface area contributed by atoms with Crippen LogP contribution in [0.5, 0.6) is 0 Å². The Morgan fingerprint density at radius 2 is 0.940 bits per heavy atom. The molecular formula is C40H38Cl4N2O4. The van der Waals surface area contributed by atoms with E-state index in [4.69, 9.17) is 55.9 Å². The van der Waals surface area contributed by atoms with Crippen molar-refractivity contribution in [3.8, 4) is 0 Å². The fourth-order valence-corrected chi connectivity index (χ4v) is 8.89. The summed E-state index contributed by atoms with van der Waals surface area (Å²) < 4.78 is 12.8. The number of carbonyl (C=O) groups is 2. The van der Waals surface area contributed by atoms with Gasteiger partial charge in [-0.25, -0.2) is 0 Å². The molecule has 8 atom stereocenters. The summed E-state index contributed by atoms with van der Waals surface area (Å²) >= 11 is 24.9. The highest BCUT2D eigenvalue weighted by Gasteiger charge is 2.68. The second-order valence-electron chi connectivity index (χ2n) is 13.8. The molecule has 0 aromatic heterocycles. The molecule has 2 aliphatic carbocycles. The average molecular weight is 753 g/mol. The Kier molecular flexibility index (Phi) is 9.51. The van der Waals surface area contributed by atoms with Gasteiger partial charge in [0.15, 0.2) is 0 Å². The first-order valence-electron chi connectivity index (χ1n) is 16.8. The molecule has 6 nitrogen and oxygen atoms in total. The Hall–Kier alpha value is -3.10. The van der Waals surface area contributed by atoms with Crippen molar-refractivity contribution in [3.63, 3.8) is 0 Å². The number of carbonyl (C=O) groups excluding carboxylic acids is 2. The van der Waals surface area contributed by atoms with Crippen LogP contribution in [0.2, 0.25) is 20.1 Å². The number of amides is 2. The summed E-state index contributed by atoms with van der Waals surface area (Å²) in [5.41, 5.74) is 2.38. The van der Waals surface area contributed by atoms with Crippen molar-refractivity contribution >= 4 is 58.2 Å². The van der Waals surface area contributed by atoms with Gasteiger partial charge in [-0.15, -0.1) is 0 Å². The second-order valence-corrected chi connectivity index (χ2v) is 15.5. The molecule has 0 unspecified atom stereocenters. The summed E-state index contributed by atoms with van der Waals surface area (Å²) in [5.74, 6) is 0.125. The minimum atomic E-state index is -0.700. The fourth-order valence-electron chi connectivity index (χ4n) is 7.73. The van der Waals surface area contributed by atoms with Gasteiger partial charge in [-0.3, -0.25) is 9.59 Å². The minimum absolute atomic E-state index is 0.0626. The lowest BCUT2D eigenvalue weighted by atomic mass is 9.93. The van der Waals surface area contributed by atoms with Gasteiger partial charge in [0.2, 0.25) is 11.8 Å². The van der Waals surface area contributed by atoms with Crippen LogP contribution >= 0.6 is 46.4 Å². The van der Waals surface area contributed by atoms with Crippen molar-refractivity contribution in [1.82, 2.24) is 9.80 Å². The van der Waals surface area contributed by atoms with Gasteiger partial charge in [-0.05, 0) is 73.2 Å². The lowest BCUT2D eigenvalue weighted by molar-refractivity contribution is -0.135. The largest absolute Gasteiger partial charge is 0.367 e. The molecule has 2 amide bonds. The summed E-state index contributed by atoms with van der Waals surface area (Å²) in [6.07, 6.45) is 0.639. The standard InChI is InChI=1S/2C20H19Cl2NO2/c2*1-12-18(13-6-4-3-5-7-13)25-17-11-20(17,19(24)23(12)2)15-9-8-14(21)10-16(15)22/h2*3-10,12,17-18H,11H2,1-2H3/t2*12-,17-,18-,20-/m00/s1. The summed E-state index contributed by atoms with van der Waals surface area (Å²) in [5, 5.41) is 2.17. The third kappa shape index (κ3) is 5.92. The van der Waals surface area contributed by atoms with E-state index >= 15 is 0 Å². The van der Waals surface area contributed by atoms with Crippen LogP contribution in [0, 0.1) is 0 Å². The van der Waals surface area contributed by atoms with E-state index in [0.29, 0.717) is 32.9 Å². The molecule has 2 saturated heterocycles. The number of hydrogen-bond acceptors (Lipinski definition) is 4. The Bertz CT molecular complexity index is 1790. The molecule has 2 heterocycles. The van der Waals surface area contributed by atoms with Gasteiger partial charge in [0.1, 0.15) is 23.0 Å². The minimum Gasteiger partial charge on any atom is -0.367 e. The SMILES string of the molecule is C[C@H]1[C@@H](c2ccccc2)O[C@H]2C[C@@]2(c2ccc(Cl)cc2Cl)C(=O)N1C.C[C@H]1[C@@H](c2ccccc2)O[C@H]2C[C@@]2(c2ccc(Cl)cc2Cl)C(=O)N1C. The molecule has 4 aromatic carbocycles. The van der Waals surface area contributed by atoms with Gasteiger partial charge >= 0.3 is 0 Å². The maximum Gasteiger partial charge on any atom is 0.236 e. The molecule has 0 bridgehead atoms. The number of rotatable bonds is 4. The van der Waals surface area contributed by atoms with Crippen molar-refractivity contribution in [2.45, 2.75) is 74.0 Å². The molecule has 50 heavy (non-hydrogen) atoms. The van der Waals surface area contributed by atoms with Crippen molar-refractivity contribution in [1.29, 1.82) is 0 Å². The first-order valence-corrected chi connectivity index (χ1v) is 18.3. The van der Waals surface area contributed by atoms with E-state index in [0.717, 1.165) is 22.3 Å². The van der Waals surface area contributed by atoms with Gasteiger partial charge in [0.05, 0.1) is 24.3 Å². The maximum atomic E-state index is 13.3. The van der Waals surface area contributed by atoms with Crippen LogP contribution < -0.4 is 0 Å². The molecular weight excluding hydrogens is 714 g/mol. The van der Waals surface area contributed by atoms with E-state index in [1.807, 2.05) is 101 Å². The monoisotopic (exact) mass is 750 g/mol. The van der Waals surface area contributed by atoms with E-state index in [2.05, 4.69) is 0 Å². The second kappa shape index (κ2) is 13.5. The van der Waals surface area contributed by atoms with Crippen LogP contribution in [0.15, 0.2) is 97.1 Å². The third-order valence-corrected chi connectivity index (χ3v) is 12.1. The Balaban J connectivity index is 0.000000157. The Morgan fingerprint density at radius 1 is 0.580 bits per heavy atom. The third-order valence-electron chi connectivity index (χ3n) is 11.0. The predicted molar refractivity (Wildman–Crippen MR) is 198 cm³/mol. The maximum absolute atomic E-state index is 13.3. The summed E-state index contributed by atoms with van der Waals surface area (Å²) in [6.45, 7) is 4.05. The molecule has 8 rings (SSSR count). The highest BCUT2D eigenvalue weighted by atomic mass is 35.5. The van der Waals surface area contributed by atoms with E-state index in [9.17, 15) is 9.59 Å². The molecule has 10 heteroatoms. The van der Waals surface area contributed by atoms with Crippen molar-refractivity contribution in [3.05, 3.63) is 139 Å². The average Bonchev–Trinajstić information content (AvgIpc) is 4.03. The lowest BCUT2D eigenvalue weighted by Gasteiger charge is -2.31. The number of halogens is 4. The zero-order valence-corrected chi connectivity index (χ0v) is 31.2. The number of hydrogen-bond donors (Lipinski definition) is 0. The quantitative estimate of drug-likeness (QED) is 0.209. The van der Waals surface area contributed by atoms with E-state index < -0.39 is 10.8 Å². The normalized spacial score (nSPS) is 31.4. The topological polar surface area (TPSA) is 59.1 Å². The Labute approximate surface area is 313 Å². The van der Waals surface area contributed by atoms with Gasteiger partial charge in [-0.2, -0.15) is 0 Å². The summed E-state index contributed by atoms with van der Waals surface area (Å²) in [6, 6.07) is 30.7. The lowest BCUT2D eigenvalue weighted by Crippen LogP contribution is -2.43. The van der Waals surface area contributed by atoms with Crippen LogP contribution in [0.3, 0.4) is 0 Å². The zero-order valence-electron chi connectivity index (χ0n) is 28.2. The molecule has 260 valence electrons. The predicted octanol–water partition coefficient (Wildman–Crippen LogP) is 9.24. The van der Waals surface area contributed by atoms with E-state index in [1.165, 1.54) is 0 Å². The van der Waals surface area contributed by atoms with Gasteiger partial charge in [-0.1, -0.05) is 119 Å². The summed E-state index contributed by atoms with van der Waals surface area (Å²) in [7, 11) is 3.69. The fraction of sp³-hybridized carbons (Fsp3) is 0.350. The van der Waals surface area contributed by atoms with E-state index in [1.54, 1.807) is 34.1 Å². The molecule has 4 aliphatic rings. The van der Waals surface area contributed by atoms with E-state index in [-0.39, 0.29) is 48.3 Å².